The zero-order valence-corrected chi connectivity index (χ0v) is 14.5. The first-order chi connectivity index (χ1) is 11.6. The van der Waals surface area contributed by atoms with Crippen LogP contribution in [0.15, 0.2) is 30.3 Å². The first-order valence-corrected chi connectivity index (χ1v) is 8.89. The van der Waals surface area contributed by atoms with Gasteiger partial charge in [-0.1, -0.05) is 37.3 Å². The number of nitrogens with one attached hydrogen (secondary N) is 1. The number of carbonyl (C=O) groups excluding carboxylic acids is 2. The summed E-state index contributed by atoms with van der Waals surface area (Å²) in [4.78, 5) is 26.4. The van der Waals surface area contributed by atoms with Crippen LogP contribution in [0, 0.1) is 11.8 Å². The number of amides is 2. The summed E-state index contributed by atoms with van der Waals surface area (Å²) < 4.78 is 0. The zero-order valence-electron chi connectivity index (χ0n) is 14.5. The summed E-state index contributed by atoms with van der Waals surface area (Å²) in [6, 6.07) is 10.1. The number of rotatable bonds is 7. The lowest BCUT2D eigenvalue weighted by Gasteiger charge is -2.31. The van der Waals surface area contributed by atoms with Crippen molar-refractivity contribution in [2.24, 2.45) is 17.6 Å². The van der Waals surface area contributed by atoms with Gasteiger partial charge in [0.1, 0.15) is 0 Å². The number of carbonyl (C=O) groups is 2. The highest BCUT2D eigenvalue weighted by Crippen LogP contribution is 2.18. The third-order valence-corrected chi connectivity index (χ3v) is 4.72. The van der Waals surface area contributed by atoms with Gasteiger partial charge >= 0.3 is 0 Å². The van der Waals surface area contributed by atoms with Crippen molar-refractivity contribution in [3.05, 3.63) is 35.9 Å². The van der Waals surface area contributed by atoms with Crippen molar-refractivity contribution in [1.29, 1.82) is 0 Å². The topological polar surface area (TPSA) is 75.4 Å². The van der Waals surface area contributed by atoms with Crippen molar-refractivity contribution in [3.8, 4) is 0 Å². The number of hydrogen-bond acceptors (Lipinski definition) is 3. The van der Waals surface area contributed by atoms with Gasteiger partial charge in [-0.2, -0.15) is 0 Å². The molecule has 132 valence electrons. The standard InChI is InChI=1S/C19H29N3O2/c1-15(13-20)14-21-19(24)17-9-11-22(12-10-17)18(23)8-7-16-5-3-2-4-6-16/h2-6,15,17H,7-14,20H2,1H3,(H,21,24). The van der Waals surface area contributed by atoms with Crippen molar-refractivity contribution in [2.45, 2.75) is 32.6 Å². The van der Waals surface area contributed by atoms with Gasteiger partial charge in [0.05, 0.1) is 0 Å². The normalized spacial score (nSPS) is 16.7. The molecule has 1 aliphatic heterocycles. The molecule has 5 nitrogen and oxygen atoms in total. The van der Waals surface area contributed by atoms with Crippen LogP contribution in [0.4, 0.5) is 0 Å². The lowest BCUT2D eigenvalue weighted by atomic mass is 9.95. The molecule has 1 atom stereocenters. The summed E-state index contributed by atoms with van der Waals surface area (Å²) in [5.41, 5.74) is 6.75. The summed E-state index contributed by atoms with van der Waals surface area (Å²) >= 11 is 0. The monoisotopic (exact) mass is 331 g/mol. The Morgan fingerprint density at radius 1 is 1.25 bits per heavy atom. The second-order valence-electron chi connectivity index (χ2n) is 6.73. The Morgan fingerprint density at radius 3 is 2.54 bits per heavy atom. The summed E-state index contributed by atoms with van der Waals surface area (Å²) in [5.74, 6) is 0.614. The third kappa shape index (κ3) is 5.64. The predicted molar refractivity (Wildman–Crippen MR) is 95.3 cm³/mol. The van der Waals surface area contributed by atoms with E-state index in [1.165, 1.54) is 5.56 Å². The summed E-state index contributed by atoms with van der Waals surface area (Å²) in [5, 5.41) is 2.97. The van der Waals surface area contributed by atoms with Gasteiger partial charge in [0.25, 0.3) is 0 Å². The quantitative estimate of drug-likeness (QED) is 0.796. The van der Waals surface area contributed by atoms with Crippen LogP contribution in [0.3, 0.4) is 0 Å². The second-order valence-corrected chi connectivity index (χ2v) is 6.73. The van der Waals surface area contributed by atoms with Gasteiger partial charge in [0.15, 0.2) is 0 Å². The number of hydrogen-bond donors (Lipinski definition) is 2. The molecule has 0 bridgehead atoms. The lowest BCUT2D eigenvalue weighted by molar-refractivity contribution is -0.135. The molecular weight excluding hydrogens is 302 g/mol. The van der Waals surface area contributed by atoms with Gasteiger partial charge in [-0.3, -0.25) is 9.59 Å². The number of piperidine rings is 1. The maximum Gasteiger partial charge on any atom is 0.223 e. The molecule has 24 heavy (non-hydrogen) atoms. The van der Waals surface area contributed by atoms with E-state index in [4.69, 9.17) is 5.73 Å². The highest BCUT2D eigenvalue weighted by molar-refractivity contribution is 5.80. The number of benzene rings is 1. The molecule has 1 aliphatic rings. The molecule has 5 heteroatoms. The number of likely N-dealkylation sites (tertiary alicyclic amines) is 1. The fourth-order valence-electron chi connectivity index (χ4n) is 2.95. The molecule has 1 unspecified atom stereocenters. The largest absolute Gasteiger partial charge is 0.356 e. The van der Waals surface area contributed by atoms with Crippen molar-refractivity contribution in [2.75, 3.05) is 26.2 Å². The zero-order chi connectivity index (χ0) is 17.4. The number of nitrogens with two attached hydrogens (primary N) is 1. The average Bonchev–Trinajstić information content (AvgIpc) is 2.64. The van der Waals surface area contributed by atoms with Crippen LogP contribution in [-0.2, 0) is 16.0 Å². The van der Waals surface area contributed by atoms with Gasteiger partial charge < -0.3 is 16.0 Å². The van der Waals surface area contributed by atoms with Crippen LogP contribution in [0.1, 0.15) is 31.7 Å². The van der Waals surface area contributed by atoms with E-state index in [9.17, 15) is 9.59 Å². The Labute approximate surface area is 144 Å². The van der Waals surface area contributed by atoms with Crippen molar-refractivity contribution in [1.82, 2.24) is 10.2 Å². The molecule has 1 aromatic rings. The van der Waals surface area contributed by atoms with Crippen LogP contribution >= 0.6 is 0 Å². The van der Waals surface area contributed by atoms with E-state index < -0.39 is 0 Å². The molecule has 1 aromatic carbocycles. The summed E-state index contributed by atoms with van der Waals surface area (Å²) in [6.45, 7) is 4.59. The highest BCUT2D eigenvalue weighted by Gasteiger charge is 2.27. The molecule has 0 spiro atoms. The molecule has 1 heterocycles. The Kier molecular flexibility index (Phi) is 7.25. The predicted octanol–water partition coefficient (Wildman–Crippen LogP) is 1.57. The molecule has 0 aromatic heterocycles. The Bertz CT molecular complexity index is 525. The fraction of sp³-hybridized carbons (Fsp3) is 0.579. The van der Waals surface area contributed by atoms with Gasteiger partial charge in [-0.05, 0) is 37.3 Å². The molecule has 1 saturated heterocycles. The average molecular weight is 331 g/mol. The molecule has 0 saturated carbocycles. The molecule has 0 aliphatic carbocycles. The Hall–Kier alpha value is -1.88. The van der Waals surface area contributed by atoms with Crippen LogP contribution in [0.5, 0.6) is 0 Å². The molecule has 3 N–H and O–H groups in total. The smallest absolute Gasteiger partial charge is 0.223 e. The van der Waals surface area contributed by atoms with E-state index in [0.717, 1.165) is 19.3 Å². The molecule has 2 rings (SSSR count). The van der Waals surface area contributed by atoms with Gasteiger partial charge in [0.2, 0.25) is 11.8 Å². The van der Waals surface area contributed by atoms with Gasteiger partial charge in [-0.15, -0.1) is 0 Å². The van der Waals surface area contributed by atoms with Crippen LogP contribution < -0.4 is 11.1 Å². The van der Waals surface area contributed by atoms with E-state index >= 15 is 0 Å². The maximum atomic E-state index is 12.3. The van der Waals surface area contributed by atoms with E-state index in [1.54, 1.807) is 0 Å². The first-order valence-electron chi connectivity index (χ1n) is 8.89. The third-order valence-electron chi connectivity index (χ3n) is 4.72. The van der Waals surface area contributed by atoms with Crippen LogP contribution in [0.2, 0.25) is 0 Å². The molecule has 1 fully saturated rings. The maximum absolute atomic E-state index is 12.3. The minimum absolute atomic E-state index is 0.0214. The summed E-state index contributed by atoms with van der Waals surface area (Å²) in [7, 11) is 0. The Morgan fingerprint density at radius 2 is 1.92 bits per heavy atom. The summed E-state index contributed by atoms with van der Waals surface area (Å²) in [6.07, 6.45) is 2.81. The van der Waals surface area contributed by atoms with Crippen LogP contribution in [-0.4, -0.2) is 42.9 Å². The first kappa shape index (κ1) is 18.5. The van der Waals surface area contributed by atoms with Gasteiger partial charge in [0, 0.05) is 32.0 Å². The van der Waals surface area contributed by atoms with E-state index in [-0.39, 0.29) is 17.7 Å². The van der Waals surface area contributed by atoms with Crippen molar-refractivity contribution in [3.63, 3.8) is 0 Å². The highest BCUT2D eigenvalue weighted by atomic mass is 16.2. The minimum Gasteiger partial charge on any atom is -0.356 e. The van der Waals surface area contributed by atoms with E-state index in [0.29, 0.717) is 38.5 Å². The molecule has 2 amide bonds. The van der Waals surface area contributed by atoms with E-state index in [2.05, 4.69) is 5.32 Å². The van der Waals surface area contributed by atoms with E-state index in [1.807, 2.05) is 42.2 Å². The number of aryl methyl sites for hydroxylation is 1. The second kappa shape index (κ2) is 9.42. The number of nitrogens with zero attached hydrogens (tertiary/aromatic N) is 1. The molecule has 0 radical (unpaired) electrons. The molecular formula is C19H29N3O2. The van der Waals surface area contributed by atoms with Crippen molar-refractivity contribution >= 4 is 11.8 Å². The van der Waals surface area contributed by atoms with Gasteiger partial charge in [-0.25, -0.2) is 0 Å². The fourth-order valence-corrected chi connectivity index (χ4v) is 2.95. The van der Waals surface area contributed by atoms with Crippen LogP contribution in [0.25, 0.3) is 0 Å². The SMILES string of the molecule is CC(CN)CNC(=O)C1CCN(C(=O)CCc2ccccc2)CC1. The lowest BCUT2D eigenvalue weighted by Crippen LogP contribution is -2.44. The van der Waals surface area contributed by atoms with Crippen molar-refractivity contribution < 1.29 is 9.59 Å². The Balaban J connectivity index is 1.70. The minimum atomic E-state index is 0.0214.